The largest absolute Gasteiger partial charge is 0.377 e. The molecule has 0 aliphatic carbocycles. The van der Waals surface area contributed by atoms with Gasteiger partial charge in [-0.05, 0) is 58.7 Å². The Morgan fingerprint density at radius 1 is 1.39 bits per heavy atom. The highest BCUT2D eigenvalue weighted by molar-refractivity contribution is 4.73. The average molecular weight is 256 g/mol. The van der Waals surface area contributed by atoms with Crippen LogP contribution in [-0.4, -0.2) is 49.8 Å². The lowest BCUT2D eigenvalue weighted by Gasteiger charge is -2.32. The molecule has 0 saturated carbocycles. The molecule has 3 nitrogen and oxygen atoms in total. The van der Waals surface area contributed by atoms with Crippen LogP contribution in [-0.2, 0) is 4.74 Å². The number of ether oxygens (including phenoxy) is 1. The van der Waals surface area contributed by atoms with Crippen molar-refractivity contribution in [2.24, 2.45) is 0 Å². The van der Waals surface area contributed by atoms with E-state index in [-0.39, 0.29) is 0 Å². The number of piperidine rings is 1. The normalized spacial score (nSPS) is 23.2. The highest BCUT2D eigenvalue weighted by Gasteiger charge is 2.19. The van der Waals surface area contributed by atoms with Gasteiger partial charge in [0.15, 0.2) is 0 Å². The Morgan fingerprint density at radius 3 is 2.94 bits per heavy atom. The maximum absolute atomic E-state index is 5.87. The van der Waals surface area contributed by atoms with Crippen LogP contribution in [0.15, 0.2) is 0 Å². The summed E-state index contributed by atoms with van der Waals surface area (Å²) in [6.45, 7) is 12.3. The number of hydrogen-bond acceptors (Lipinski definition) is 3. The Bertz CT molecular complexity index is 199. The summed E-state index contributed by atoms with van der Waals surface area (Å²) in [6, 6.07) is 0.659. The number of hydrogen-bond donors (Lipinski definition) is 1. The lowest BCUT2D eigenvalue weighted by atomic mass is 10.1. The smallest absolute Gasteiger partial charge is 0.0702 e. The van der Waals surface area contributed by atoms with E-state index in [1.165, 1.54) is 38.8 Å². The molecule has 0 aromatic carbocycles. The molecule has 1 N–H and O–H groups in total. The van der Waals surface area contributed by atoms with Crippen LogP contribution in [0.3, 0.4) is 0 Å². The molecule has 2 atom stereocenters. The molecule has 1 aliphatic heterocycles. The van der Waals surface area contributed by atoms with Crippen molar-refractivity contribution in [3.05, 3.63) is 0 Å². The molecule has 18 heavy (non-hydrogen) atoms. The third-order valence-corrected chi connectivity index (χ3v) is 3.68. The van der Waals surface area contributed by atoms with Gasteiger partial charge in [0.05, 0.1) is 6.10 Å². The third-order valence-electron chi connectivity index (χ3n) is 3.68. The molecule has 0 radical (unpaired) electrons. The first-order valence-corrected chi connectivity index (χ1v) is 7.83. The van der Waals surface area contributed by atoms with Crippen LogP contribution in [0.2, 0.25) is 0 Å². The monoisotopic (exact) mass is 256 g/mol. The lowest BCUT2D eigenvalue weighted by Crippen LogP contribution is -2.40. The topological polar surface area (TPSA) is 24.5 Å². The third kappa shape index (κ3) is 6.72. The van der Waals surface area contributed by atoms with Crippen molar-refractivity contribution in [2.75, 3.05) is 32.8 Å². The summed E-state index contributed by atoms with van der Waals surface area (Å²) in [5.41, 5.74) is 0. The van der Waals surface area contributed by atoms with E-state index >= 15 is 0 Å². The minimum absolute atomic E-state index is 0.491. The summed E-state index contributed by atoms with van der Waals surface area (Å²) in [5, 5.41) is 3.48. The van der Waals surface area contributed by atoms with Crippen molar-refractivity contribution in [2.45, 2.75) is 65.0 Å². The molecule has 2 unspecified atom stereocenters. The van der Waals surface area contributed by atoms with Crippen molar-refractivity contribution >= 4 is 0 Å². The van der Waals surface area contributed by atoms with Crippen LogP contribution in [0.1, 0.15) is 52.9 Å². The predicted molar refractivity (Wildman–Crippen MR) is 78.1 cm³/mol. The molecular formula is C15H32N2O. The Kier molecular flexibility index (Phi) is 8.64. The molecule has 0 amide bonds. The number of likely N-dealkylation sites (tertiary alicyclic amines) is 1. The van der Waals surface area contributed by atoms with Crippen molar-refractivity contribution in [3.8, 4) is 0 Å². The van der Waals surface area contributed by atoms with E-state index < -0.39 is 0 Å². The van der Waals surface area contributed by atoms with E-state index in [4.69, 9.17) is 4.74 Å². The molecule has 3 heteroatoms. The van der Waals surface area contributed by atoms with Crippen molar-refractivity contribution in [3.63, 3.8) is 0 Å². The summed E-state index contributed by atoms with van der Waals surface area (Å²) in [7, 11) is 0. The molecule has 1 aliphatic rings. The average Bonchev–Trinajstić information content (AvgIpc) is 2.37. The molecule has 0 bridgehead atoms. The Hall–Kier alpha value is -0.120. The van der Waals surface area contributed by atoms with Crippen molar-refractivity contribution < 1.29 is 4.74 Å². The van der Waals surface area contributed by atoms with E-state index in [9.17, 15) is 0 Å². The van der Waals surface area contributed by atoms with Gasteiger partial charge < -0.3 is 15.0 Å². The maximum Gasteiger partial charge on any atom is 0.0702 e. The highest BCUT2D eigenvalue weighted by atomic mass is 16.5. The van der Waals surface area contributed by atoms with Gasteiger partial charge in [0.2, 0.25) is 0 Å². The first-order valence-electron chi connectivity index (χ1n) is 7.83. The summed E-state index contributed by atoms with van der Waals surface area (Å²) >= 11 is 0. The zero-order chi connectivity index (χ0) is 13.2. The van der Waals surface area contributed by atoms with Gasteiger partial charge in [0, 0.05) is 19.2 Å². The fourth-order valence-electron chi connectivity index (χ4n) is 2.71. The summed E-state index contributed by atoms with van der Waals surface area (Å²) in [5.74, 6) is 0. The van der Waals surface area contributed by atoms with Crippen LogP contribution in [0.25, 0.3) is 0 Å². The Labute approximate surface area is 113 Å². The van der Waals surface area contributed by atoms with Gasteiger partial charge in [0.25, 0.3) is 0 Å². The van der Waals surface area contributed by atoms with E-state index in [0.29, 0.717) is 12.1 Å². The number of nitrogens with zero attached hydrogens (tertiary/aromatic N) is 1. The molecule has 0 spiro atoms. The van der Waals surface area contributed by atoms with Crippen LogP contribution in [0, 0.1) is 0 Å². The van der Waals surface area contributed by atoms with Gasteiger partial charge in [-0.25, -0.2) is 0 Å². The highest BCUT2D eigenvalue weighted by Crippen LogP contribution is 2.14. The SMILES string of the molecule is CCCOC1CCCN(CCCC(C)NCC)C1. The van der Waals surface area contributed by atoms with Crippen LogP contribution >= 0.6 is 0 Å². The second kappa shape index (κ2) is 9.76. The Morgan fingerprint density at radius 2 is 2.22 bits per heavy atom. The summed E-state index contributed by atoms with van der Waals surface area (Å²) in [6.07, 6.45) is 6.77. The second-order valence-electron chi connectivity index (χ2n) is 5.54. The van der Waals surface area contributed by atoms with E-state index in [1.807, 2.05) is 0 Å². The first kappa shape index (κ1) is 15.9. The molecule has 108 valence electrons. The van der Waals surface area contributed by atoms with Gasteiger partial charge in [0.1, 0.15) is 0 Å². The summed E-state index contributed by atoms with van der Waals surface area (Å²) in [4.78, 5) is 2.59. The minimum atomic E-state index is 0.491. The van der Waals surface area contributed by atoms with E-state index in [2.05, 4.69) is 31.0 Å². The molecule has 1 saturated heterocycles. The zero-order valence-electron chi connectivity index (χ0n) is 12.6. The Balaban J connectivity index is 2.10. The molecular weight excluding hydrogens is 224 g/mol. The number of rotatable bonds is 9. The van der Waals surface area contributed by atoms with Crippen molar-refractivity contribution in [1.29, 1.82) is 0 Å². The molecule has 0 aromatic rings. The van der Waals surface area contributed by atoms with Gasteiger partial charge in [-0.2, -0.15) is 0 Å². The zero-order valence-corrected chi connectivity index (χ0v) is 12.6. The van der Waals surface area contributed by atoms with Crippen LogP contribution < -0.4 is 5.32 Å². The van der Waals surface area contributed by atoms with Gasteiger partial charge in [-0.1, -0.05) is 13.8 Å². The molecule has 1 fully saturated rings. The fourth-order valence-corrected chi connectivity index (χ4v) is 2.71. The van der Waals surface area contributed by atoms with Gasteiger partial charge >= 0.3 is 0 Å². The lowest BCUT2D eigenvalue weighted by molar-refractivity contribution is -0.000443. The predicted octanol–water partition coefficient (Wildman–Crippen LogP) is 2.66. The van der Waals surface area contributed by atoms with Gasteiger partial charge in [-0.15, -0.1) is 0 Å². The van der Waals surface area contributed by atoms with Crippen molar-refractivity contribution in [1.82, 2.24) is 10.2 Å². The minimum Gasteiger partial charge on any atom is -0.377 e. The maximum atomic E-state index is 5.87. The number of nitrogens with one attached hydrogen (secondary N) is 1. The summed E-state index contributed by atoms with van der Waals surface area (Å²) < 4.78 is 5.87. The quantitative estimate of drug-likeness (QED) is 0.686. The van der Waals surface area contributed by atoms with E-state index in [0.717, 1.165) is 26.1 Å². The van der Waals surface area contributed by atoms with E-state index in [1.54, 1.807) is 0 Å². The second-order valence-corrected chi connectivity index (χ2v) is 5.54. The first-order chi connectivity index (χ1) is 8.76. The van der Waals surface area contributed by atoms with Crippen LogP contribution in [0.4, 0.5) is 0 Å². The fraction of sp³-hybridized carbons (Fsp3) is 1.00. The van der Waals surface area contributed by atoms with Gasteiger partial charge in [-0.3, -0.25) is 0 Å². The molecule has 1 heterocycles. The van der Waals surface area contributed by atoms with Crippen LogP contribution in [0.5, 0.6) is 0 Å². The standard InChI is InChI=1S/C15H32N2O/c1-4-12-18-15-9-7-11-17(13-15)10-6-8-14(3)16-5-2/h14-16H,4-13H2,1-3H3. The molecule has 0 aromatic heterocycles. The molecule has 1 rings (SSSR count).